The Bertz CT molecular complexity index is 1110. The van der Waals surface area contributed by atoms with Gasteiger partial charge in [-0.25, -0.2) is 9.97 Å². The van der Waals surface area contributed by atoms with Crippen molar-refractivity contribution in [2.45, 2.75) is 13.0 Å². The lowest BCUT2D eigenvalue weighted by molar-refractivity contribution is -0.0244. The summed E-state index contributed by atoms with van der Waals surface area (Å²) in [4.78, 5) is 26.2. The van der Waals surface area contributed by atoms with Gasteiger partial charge in [-0.2, -0.15) is 5.10 Å². The third-order valence-electron chi connectivity index (χ3n) is 5.73. The SMILES string of the molecule is COc1ccc(-c2cnc(N(C)C)nc2C2CN(C(=O)c3cnn(C)c3C)CCO2)cc1. The minimum absolute atomic E-state index is 0.0446. The highest BCUT2D eigenvalue weighted by Gasteiger charge is 2.30. The number of carbonyl (C=O) groups is 1. The number of benzene rings is 1. The van der Waals surface area contributed by atoms with E-state index in [1.165, 1.54) is 0 Å². The standard InChI is InChI=1S/C23H28N6O3/c1-15-18(13-25-28(15)4)22(30)29-10-11-32-20(14-29)21-19(12-24-23(26-21)27(2)3)16-6-8-17(31-5)9-7-16/h6-9,12-13,20H,10-11,14H2,1-5H3. The van der Waals surface area contributed by atoms with Crippen molar-refractivity contribution >= 4 is 11.9 Å². The number of carbonyl (C=O) groups excluding carboxylic acids is 1. The summed E-state index contributed by atoms with van der Waals surface area (Å²) in [7, 11) is 7.27. The summed E-state index contributed by atoms with van der Waals surface area (Å²) in [6, 6.07) is 7.76. The van der Waals surface area contributed by atoms with E-state index in [1.54, 1.807) is 18.0 Å². The molecule has 32 heavy (non-hydrogen) atoms. The quantitative estimate of drug-likeness (QED) is 0.607. The van der Waals surface area contributed by atoms with Crippen molar-refractivity contribution < 1.29 is 14.3 Å². The molecular weight excluding hydrogens is 408 g/mol. The van der Waals surface area contributed by atoms with E-state index in [9.17, 15) is 4.79 Å². The van der Waals surface area contributed by atoms with Crippen LogP contribution >= 0.6 is 0 Å². The maximum absolute atomic E-state index is 13.2. The third kappa shape index (κ3) is 4.16. The topological polar surface area (TPSA) is 85.6 Å². The number of hydrogen-bond donors (Lipinski definition) is 0. The summed E-state index contributed by atoms with van der Waals surface area (Å²) >= 11 is 0. The molecule has 0 radical (unpaired) electrons. The Hall–Kier alpha value is -3.46. The molecule has 9 nitrogen and oxygen atoms in total. The summed E-state index contributed by atoms with van der Waals surface area (Å²) in [6.07, 6.45) is 3.07. The van der Waals surface area contributed by atoms with Crippen LogP contribution in [-0.2, 0) is 11.8 Å². The smallest absolute Gasteiger partial charge is 0.257 e. The van der Waals surface area contributed by atoms with Crippen molar-refractivity contribution in [3.8, 4) is 16.9 Å². The van der Waals surface area contributed by atoms with E-state index in [2.05, 4.69) is 10.1 Å². The highest BCUT2D eigenvalue weighted by Crippen LogP contribution is 2.32. The average molecular weight is 437 g/mol. The molecular formula is C23H28N6O3. The molecule has 1 aliphatic heterocycles. The van der Waals surface area contributed by atoms with Gasteiger partial charge < -0.3 is 19.3 Å². The van der Waals surface area contributed by atoms with E-state index in [1.807, 2.05) is 68.3 Å². The maximum Gasteiger partial charge on any atom is 0.257 e. The largest absolute Gasteiger partial charge is 0.497 e. The molecule has 4 rings (SSSR count). The second-order valence-electron chi connectivity index (χ2n) is 7.97. The van der Waals surface area contributed by atoms with E-state index in [4.69, 9.17) is 14.5 Å². The predicted molar refractivity (Wildman–Crippen MR) is 121 cm³/mol. The van der Waals surface area contributed by atoms with Gasteiger partial charge >= 0.3 is 0 Å². The molecule has 1 aliphatic rings. The number of hydrogen-bond acceptors (Lipinski definition) is 7. The van der Waals surface area contributed by atoms with Gasteiger partial charge in [0.2, 0.25) is 5.95 Å². The summed E-state index contributed by atoms with van der Waals surface area (Å²) in [5.41, 5.74) is 4.04. The lowest BCUT2D eigenvalue weighted by Gasteiger charge is -2.33. The van der Waals surface area contributed by atoms with Gasteiger partial charge in [-0.05, 0) is 24.6 Å². The summed E-state index contributed by atoms with van der Waals surface area (Å²) < 4.78 is 13.1. The Balaban J connectivity index is 1.68. The molecule has 0 spiro atoms. The van der Waals surface area contributed by atoms with E-state index in [0.717, 1.165) is 28.3 Å². The van der Waals surface area contributed by atoms with Crippen LogP contribution in [0.5, 0.6) is 5.75 Å². The van der Waals surface area contributed by atoms with Crippen molar-refractivity contribution in [1.29, 1.82) is 0 Å². The van der Waals surface area contributed by atoms with Crippen LogP contribution in [0, 0.1) is 6.92 Å². The first kappa shape index (κ1) is 21.8. The molecule has 3 heterocycles. The maximum atomic E-state index is 13.2. The van der Waals surface area contributed by atoms with Gasteiger partial charge in [0.1, 0.15) is 11.9 Å². The van der Waals surface area contributed by atoms with E-state index in [-0.39, 0.29) is 12.0 Å². The fourth-order valence-electron chi connectivity index (χ4n) is 3.72. The van der Waals surface area contributed by atoms with Gasteiger partial charge in [0.15, 0.2) is 0 Å². The van der Waals surface area contributed by atoms with Crippen molar-refractivity contribution in [1.82, 2.24) is 24.6 Å². The lowest BCUT2D eigenvalue weighted by Crippen LogP contribution is -2.42. The highest BCUT2D eigenvalue weighted by atomic mass is 16.5. The number of anilines is 1. The fourth-order valence-corrected chi connectivity index (χ4v) is 3.72. The molecule has 1 fully saturated rings. The fraction of sp³-hybridized carbons (Fsp3) is 0.391. The first-order valence-corrected chi connectivity index (χ1v) is 10.5. The zero-order chi connectivity index (χ0) is 22.8. The zero-order valence-corrected chi connectivity index (χ0v) is 19.1. The average Bonchev–Trinajstić information content (AvgIpc) is 3.16. The van der Waals surface area contributed by atoms with Crippen molar-refractivity contribution in [2.75, 3.05) is 45.8 Å². The van der Waals surface area contributed by atoms with Crippen LogP contribution in [0.25, 0.3) is 11.1 Å². The molecule has 0 saturated carbocycles. The van der Waals surface area contributed by atoms with E-state index < -0.39 is 0 Å². The minimum atomic E-state index is -0.372. The number of ether oxygens (including phenoxy) is 2. The number of nitrogens with zero attached hydrogens (tertiary/aromatic N) is 6. The normalized spacial score (nSPS) is 16.2. The van der Waals surface area contributed by atoms with Gasteiger partial charge in [-0.3, -0.25) is 9.48 Å². The molecule has 2 aromatic heterocycles. The van der Waals surface area contributed by atoms with Crippen LogP contribution in [-0.4, -0.2) is 71.5 Å². The zero-order valence-electron chi connectivity index (χ0n) is 19.1. The Morgan fingerprint density at radius 2 is 1.97 bits per heavy atom. The van der Waals surface area contributed by atoms with Crippen molar-refractivity contribution in [3.05, 3.63) is 53.6 Å². The van der Waals surface area contributed by atoms with Crippen LogP contribution in [0.3, 0.4) is 0 Å². The van der Waals surface area contributed by atoms with Crippen molar-refractivity contribution in [3.63, 3.8) is 0 Å². The molecule has 0 aliphatic carbocycles. The first-order valence-electron chi connectivity index (χ1n) is 10.5. The van der Waals surface area contributed by atoms with Gasteiger partial charge in [-0.1, -0.05) is 12.1 Å². The Morgan fingerprint density at radius 3 is 2.59 bits per heavy atom. The third-order valence-corrected chi connectivity index (χ3v) is 5.73. The molecule has 1 aromatic carbocycles. The van der Waals surface area contributed by atoms with E-state index >= 15 is 0 Å². The summed E-state index contributed by atoms with van der Waals surface area (Å²) in [5.74, 6) is 1.32. The molecule has 1 unspecified atom stereocenters. The molecule has 1 atom stereocenters. The van der Waals surface area contributed by atoms with Gasteiger partial charge in [0.05, 0.1) is 37.7 Å². The van der Waals surface area contributed by atoms with Gasteiger partial charge in [0.25, 0.3) is 5.91 Å². The Labute approximate surface area is 187 Å². The lowest BCUT2D eigenvalue weighted by atomic mass is 10.0. The molecule has 168 valence electrons. The molecule has 3 aromatic rings. The van der Waals surface area contributed by atoms with Gasteiger partial charge in [-0.15, -0.1) is 0 Å². The monoisotopic (exact) mass is 436 g/mol. The van der Waals surface area contributed by atoms with Crippen LogP contribution in [0.2, 0.25) is 0 Å². The minimum Gasteiger partial charge on any atom is -0.497 e. The number of aromatic nitrogens is 4. The second kappa shape index (κ2) is 8.96. The first-order chi connectivity index (χ1) is 15.4. The van der Waals surface area contributed by atoms with Gasteiger partial charge in [0, 0.05) is 45.1 Å². The Morgan fingerprint density at radius 1 is 1.22 bits per heavy atom. The molecule has 1 amide bonds. The summed E-state index contributed by atoms with van der Waals surface area (Å²) in [5, 5.41) is 4.21. The Kier molecular flexibility index (Phi) is 6.09. The molecule has 0 bridgehead atoms. The predicted octanol–water partition coefficient (Wildman–Crippen LogP) is 2.47. The van der Waals surface area contributed by atoms with Crippen LogP contribution in [0.4, 0.5) is 5.95 Å². The summed E-state index contributed by atoms with van der Waals surface area (Å²) in [6.45, 7) is 3.25. The number of morpholine rings is 1. The number of rotatable bonds is 5. The number of amides is 1. The number of aryl methyl sites for hydroxylation is 1. The molecule has 1 saturated heterocycles. The van der Waals surface area contributed by atoms with Crippen LogP contribution < -0.4 is 9.64 Å². The second-order valence-corrected chi connectivity index (χ2v) is 7.97. The molecule has 0 N–H and O–H groups in total. The number of methoxy groups -OCH3 is 1. The van der Waals surface area contributed by atoms with Crippen LogP contribution in [0.1, 0.15) is 27.8 Å². The van der Waals surface area contributed by atoms with E-state index in [0.29, 0.717) is 31.2 Å². The highest BCUT2D eigenvalue weighted by molar-refractivity contribution is 5.95. The van der Waals surface area contributed by atoms with Crippen LogP contribution in [0.15, 0.2) is 36.7 Å². The molecule has 9 heteroatoms. The van der Waals surface area contributed by atoms with Crippen molar-refractivity contribution in [2.24, 2.45) is 7.05 Å².